The third kappa shape index (κ3) is 9.62. The molecule has 0 fully saturated rings. The van der Waals surface area contributed by atoms with Crippen molar-refractivity contribution >= 4 is 0 Å². The Morgan fingerprint density at radius 3 is 2.31 bits per heavy atom. The SMILES string of the molecule is CC(C)=CCC[C@@H](C)CC(C)(C)O. The molecule has 0 aliphatic heterocycles. The topological polar surface area (TPSA) is 20.2 Å². The molecule has 0 saturated carbocycles. The Balaban J connectivity index is 3.64. The van der Waals surface area contributed by atoms with Crippen LogP contribution in [0.15, 0.2) is 11.6 Å². The second-order valence-electron chi connectivity index (χ2n) is 4.98. The van der Waals surface area contributed by atoms with Crippen molar-refractivity contribution in [3.63, 3.8) is 0 Å². The molecule has 0 aliphatic carbocycles. The lowest BCUT2D eigenvalue weighted by atomic mass is 9.91. The predicted molar refractivity (Wildman–Crippen MR) is 58.7 cm³/mol. The van der Waals surface area contributed by atoms with Crippen LogP contribution in [0.3, 0.4) is 0 Å². The van der Waals surface area contributed by atoms with E-state index in [2.05, 4.69) is 26.8 Å². The average molecular weight is 184 g/mol. The van der Waals surface area contributed by atoms with Crippen LogP contribution in [0.1, 0.15) is 53.9 Å². The van der Waals surface area contributed by atoms with Gasteiger partial charge in [-0.3, -0.25) is 0 Å². The van der Waals surface area contributed by atoms with Gasteiger partial charge in [-0.25, -0.2) is 0 Å². The first-order valence-corrected chi connectivity index (χ1v) is 5.17. The van der Waals surface area contributed by atoms with Crippen LogP contribution < -0.4 is 0 Å². The van der Waals surface area contributed by atoms with E-state index in [0.29, 0.717) is 5.92 Å². The monoisotopic (exact) mass is 184 g/mol. The summed E-state index contributed by atoms with van der Waals surface area (Å²) >= 11 is 0. The van der Waals surface area contributed by atoms with Crippen LogP contribution in [-0.4, -0.2) is 10.7 Å². The molecule has 0 unspecified atom stereocenters. The van der Waals surface area contributed by atoms with E-state index in [4.69, 9.17) is 0 Å². The molecule has 13 heavy (non-hydrogen) atoms. The zero-order valence-electron chi connectivity index (χ0n) is 9.72. The van der Waals surface area contributed by atoms with Gasteiger partial charge in [0.25, 0.3) is 0 Å². The van der Waals surface area contributed by atoms with Gasteiger partial charge in [0.1, 0.15) is 0 Å². The van der Waals surface area contributed by atoms with Gasteiger partial charge >= 0.3 is 0 Å². The Bertz CT molecular complexity index is 158. The van der Waals surface area contributed by atoms with Gasteiger partial charge in [-0.05, 0) is 52.9 Å². The molecule has 78 valence electrons. The van der Waals surface area contributed by atoms with Crippen molar-refractivity contribution in [2.45, 2.75) is 59.5 Å². The summed E-state index contributed by atoms with van der Waals surface area (Å²) in [5, 5.41) is 9.58. The van der Waals surface area contributed by atoms with Gasteiger partial charge in [0.2, 0.25) is 0 Å². The summed E-state index contributed by atoms with van der Waals surface area (Å²) < 4.78 is 0. The molecule has 0 radical (unpaired) electrons. The van der Waals surface area contributed by atoms with Gasteiger partial charge in [-0.15, -0.1) is 0 Å². The van der Waals surface area contributed by atoms with Crippen molar-refractivity contribution in [1.82, 2.24) is 0 Å². The third-order valence-electron chi connectivity index (χ3n) is 2.06. The lowest BCUT2D eigenvalue weighted by Crippen LogP contribution is -2.21. The molecule has 1 nitrogen and oxygen atoms in total. The molecule has 0 heterocycles. The quantitative estimate of drug-likeness (QED) is 0.648. The Morgan fingerprint density at radius 2 is 1.92 bits per heavy atom. The van der Waals surface area contributed by atoms with E-state index < -0.39 is 5.60 Å². The second-order valence-corrected chi connectivity index (χ2v) is 4.98. The molecule has 0 spiro atoms. The van der Waals surface area contributed by atoms with E-state index in [0.717, 1.165) is 12.8 Å². The molecule has 0 aromatic rings. The fraction of sp³-hybridized carbons (Fsp3) is 0.833. The van der Waals surface area contributed by atoms with Gasteiger partial charge in [0, 0.05) is 0 Å². The largest absolute Gasteiger partial charge is 0.390 e. The molecule has 1 N–H and O–H groups in total. The zero-order chi connectivity index (χ0) is 10.5. The van der Waals surface area contributed by atoms with Crippen LogP contribution in [0.4, 0.5) is 0 Å². The highest BCUT2D eigenvalue weighted by molar-refractivity contribution is 4.92. The molecule has 0 bridgehead atoms. The zero-order valence-corrected chi connectivity index (χ0v) is 9.72. The highest BCUT2D eigenvalue weighted by atomic mass is 16.3. The van der Waals surface area contributed by atoms with Gasteiger partial charge in [0.15, 0.2) is 0 Å². The number of hydrogen-bond donors (Lipinski definition) is 1. The van der Waals surface area contributed by atoms with Crippen LogP contribution >= 0.6 is 0 Å². The Kier molecular flexibility index (Phi) is 5.31. The molecule has 1 heteroatoms. The molecule has 0 saturated heterocycles. The first-order valence-electron chi connectivity index (χ1n) is 5.17. The molecule has 0 rings (SSSR count). The van der Waals surface area contributed by atoms with Crippen molar-refractivity contribution < 1.29 is 5.11 Å². The van der Waals surface area contributed by atoms with Gasteiger partial charge in [-0.1, -0.05) is 18.6 Å². The third-order valence-corrected chi connectivity index (χ3v) is 2.06. The van der Waals surface area contributed by atoms with E-state index in [9.17, 15) is 5.11 Å². The smallest absolute Gasteiger partial charge is 0.0594 e. The number of allylic oxidation sites excluding steroid dienone is 2. The fourth-order valence-electron chi connectivity index (χ4n) is 1.61. The van der Waals surface area contributed by atoms with Crippen LogP contribution in [-0.2, 0) is 0 Å². The van der Waals surface area contributed by atoms with Crippen LogP contribution in [0.5, 0.6) is 0 Å². The molecular weight excluding hydrogens is 160 g/mol. The van der Waals surface area contributed by atoms with Crippen molar-refractivity contribution in [2.24, 2.45) is 5.92 Å². The van der Waals surface area contributed by atoms with Gasteiger partial charge < -0.3 is 5.11 Å². The lowest BCUT2D eigenvalue weighted by Gasteiger charge is -2.21. The Labute approximate surface area is 82.9 Å². The molecular formula is C12H24O. The number of hydrogen-bond acceptors (Lipinski definition) is 1. The summed E-state index contributed by atoms with van der Waals surface area (Å²) in [6.45, 7) is 10.2. The summed E-state index contributed by atoms with van der Waals surface area (Å²) in [6, 6.07) is 0. The van der Waals surface area contributed by atoms with Crippen LogP contribution in [0.25, 0.3) is 0 Å². The van der Waals surface area contributed by atoms with Crippen LogP contribution in [0, 0.1) is 5.92 Å². The minimum atomic E-state index is -0.510. The first-order chi connectivity index (χ1) is 5.81. The summed E-state index contributed by atoms with van der Waals surface area (Å²) in [4.78, 5) is 0. The van der Waals surface area contributed by atoms with E-state index >= 15 is 0 Å². The van der Waals surface area contributed by atoms with E-state index in [1.807, 2.05) is 13.8 Å². The molecule has 0 aromatic carbocycles. The average Bonchev–Trinajstić information content (AvgIpc) is 1.81. The Hall–Kier alpha value is -0.300. The maximum absolute atomic E-state index is 9.58. The molecule has 0 amide bonds. The van der Waals surface area contributed by atoms with Gasteiger partial charge in [0.05, 0.1) is 5.60 Å². The maximum Gasteiger partial charge on any atom is 0.0594 e. The van der Waals surface area contributed by atoms with E-state index in [1.165, 1.54) is 12.0 Å². The predicted octanol–water partition coefficient (Wildman–Crippen LogP) is 3.53. The standard InChI is InChI=1S/C12H24O/c1-10(2)7-6-8-11(3)9-12(4,5)13/h7,11,13H,6,8-9H2,1-5H3/t11-/m1/s1. The van der Waals surface area contributed by atoms with Crippen molar-refractivity contribution in [1.29, 1.82) is 0 Å². The summed E-state index contributed by atoms with van der Waals surface area (Å²) in [5.74, 6) is 0.607. The van der Waals surface area contributed by atoms with E-state index in [-0.39, 0.29) is 0 Å². The molecule has 0 aliphatic rings. The number of aliphatic hydroxyl groups is 1. The minimum absolute atomic E-state index is 0.510. The highest BCUT2D eigenvalue weighted by Crippen LogP contribution is 2.19. The van der Waals surface area contributed by atoms with E-state index in [1.54, 1.807) is 0 Å². The summed E-state index contributed by atoms with van der Waals surface area (Å²) in [7, 11) is 0. The Morgan fingerprint density at radius 1 is 1.38 bits per heavy atom. The van der Waals surface area contributed by atoms with Crippen molar-refractivity contribution in [2.75, 3.05) is 0 Å². The van der Waals surface area contributed by atoms with Crippen molar-refractivity contribution in [3.8, 4) is 0 Å². The second kappa shape index (κ2) is 5.43. The normalized spacial score (nSPS) is 14.0. The highest BCUT2D eigenvalue weighted by Gasteiger charge is 2.16. The lowest BCUT2D eigenvalue weighted by molar-refractivity contribution is 0.0541. The maximum atomic E-state index is 9.58. The summed E-state index contributed by atoms with van der Waals surface area (Å²) in [5.41, 5.74) is 0.875. The minimum Gasteiger partial charge on any atom is -0.390 e. The number of rotatable bonds is 5. The van der Waals surface area contributed by atoms with Gasteiger partial charge in [-0.2, -0.15) is 0 Å². The van der Waals surface area contributed by atoms with Crippen LogP contribution in [0.2, 0.25) is 0 Å². The molecule has 1 atom stereocenters. The van der Waals surface area contributed by atoms with Crippen molar-refractivity contribution in [3.05, 3.63) is 11.6 Å². The summed E-state index contributed by atoms with van der Waals surface area (Å²) in [6.07, 6.45) is 5.47. The fourth-order valence-corrected chi connectivity index (χ4v) is 1.61. The first kappa shape index (κ1) is 12.7. The molecule has 0 aromatic heterocycles.